The fourth-order valence-corrected chi connectivity index (χ4v) is 3.20. The third kappa shape index (κ3) is 3.15. The molecular weight excluding hydrogens is 375 g/mol. The lowest BCUT2D eigenvalue weighted by atomic mass is 9.90. The van der Waals surface area contributed by atoms with Gasteiger partial charge in [0.1, 0.15) is 30.5 Å². The molecule has 1 fully saturated rings. The van der Waals surface area contributed by atoms with Crippen LogP contribution in [0.4, 0.5) is 0 Å². The van der Waals surface area contributed by atoms with Crippen molar-refractivity contribution in [2.75, 3.05) is 11.5 Å². The number of methoxy groups -OCH3 is 1. The van der Waals surface area contributed by atoms with E-state index in [0.717, 1.165) is 0 Å². The molecule has 2 rings (SSSR count). The number of rotatable bonds is 4. The minimum absolute atomic E-state index is 0.479. The molecule has 0 saturated carbocycles. The molecule has 1 aliphatic heterocycles. The summed E-state index contributed by atoms with van der Waals surface area (Å²) in [6.07, 6.45) is -5.05. The summed E-state index contributed by atoms with van der Waals surface area (Å²) in [5.41, 5.74) is 0.662. The molecule has 0 amide bonds. The number of hydrogen-bond acceptors (Lipinski definition) is 5. The lowest BCUT2D eigenvalue weighted by Gasteiger charge is -2.43. The Kier molecular flexibility index (Phi) is 5.76. The molecule has 0 aromatic heterocycles. The fourth-order valence-electron chi connectivity index (χ4n) is 2.47. The van der Waals surface area contributed by atoms with Crippen molar-refractivity contribution in [2.45, 2.75) is 36.6 Å². The Morgan fingerprint density at radius 2 is 1.90 bits per heavy atom. The van der Waals surface area contributed by atoms with Gasteiger partial charge in [0.05, 0.1) is 6.10 Å². The first-order chi connectivity index (χ1) is 9.60. The van der Waals surface area contributed by atoms with Crippen LogP contribution in [0, 0.1) is 0 Å². The predicted octanol–water partition coefficient (Wildman–Crippen LogP) is 0.659. The van der Waals surface area contributed by atoms with Crippen molar-refractivity contribution < 1.29 is 24.8 Å². The van der Waals surface area contributed by atoms with E-state index in [0.29, 0.717) is 9.99 Å². The van der Waals surface area contributed by atoms with Gasteiger partial charge in [0, 0.05) is 11.5 Å². The Bertz CT molecular complexity index is 415. The van der Waals surface area contributed by atoms with Crippen LogP contribution in [-0.4, -0.2) is 57.4 Å². The smallest absolute Gasteiger partial charge is 0.117 e. The molecular formula is C14H19IO5. The van der Waals surface area contributed by atoms with E-state index in [1.165, 1.54) is 7.11 Å². The van der Waals surface area contributed by atoms with Crippen LogP contribution < -0.4 is 0 Å². The summed E-state index contributed by atoms with van der Waals surface area (Å²) in [4.78, 5) is 0. The van der Waals surface area contributed by atoms with Crippen LogP contribution >= 0.6 is 22.6 Å². The molecule has 0 aliphatic carbocycles. The molecule has 20 heavy (non-hydrogen) atoms. The van der Waals surface area contributed by atoms with Crippen LogP contribution in [0.2, 0.25) is 0 Å². The predicted molar refractivity (Wildman–Crippen MR) is 81.8 cm³/mol. The van der Waals surface area contributed by atoms with Crippen molar-refractivity contribution in [3.63, 3.8) is 0 Å². The maximum absolute atomic E-state index is 10.4. The summed E-state index contributed by atoms with van der Waals surface area (Å²) in [6.45, 7) is 0. The summed E-state index contributed by atoms with van der Waals surface area (Å²) in [5, 5.41) is 30.7. The van der Waals surface area contributed by atoms with Crippen molar-refractivity contribution in [3.05, 3.63) is 35.9 Å². The molecule has 0 unspecified atom stereocenters. The van der Waals surface area contributed by atoms with E-state index in [9.17, 15) is 15.3 Å². The van der Waals surface area contributed by atoms with Crippen LogP contribution in [0.5, 0.6) is 0 Å². The zero-order chi connectivity index (χ0) is 14.7. The third-order valence-corrected chi connectivity index (χ3v) is 4.47. The zero-order valence-corrected chi connectivity index (χ0v) is 13.3. The number of aliphatic hydroxyl groups is 3. The van der Waals surface area contributed by atoms with Gasteiger partial charge >= 0.3 is 0 Å². The zero-order valence-electron chi connectivity index (χ0n) is 11.1. The Hall–Kier alpha value is -0.250. The molecule has 1 aromatic carbocycles. The van der Waals surface area contributed by atoms with E-state index in [1.54, 1.807) is 12.1 Å². The molecule has 6 heteroatoms. The number of halogens is 1. The van der Waals surface area contributed by atoms with E-state index < -0.39 is 36.6 Å². The first-order valence-corrected chi connectivity index (χ1v) is 7.96. The van der Waals surface area contributed by atoms with E-state index >= 15 is 0 Å². The number of alkyl halides is 1. The van der Waals surface area contributed by atoms with Gasteiger partial charge in [-0.2, -0.15) is 0 Å². The molecule has 3 N–H and O–H groups in total. The van der Waals surface area contributed by atoms with E-state index in [-0.39, 0.29) is 0 Å². The number of hydrogen-bond donors (Lipinski definition) is 3. The molecule has 1 aromatic rings. The normalized spacial score (nSPS) is 35.8. The highest BCUT2D eigenvalue weighted by Crippen LogP contribution is 2.31. The Morgan fingerprint density at radius 3 is 2.45 bits per heavy atom. The van der Waals surface area contributed by atoms with Gasteiger partial charge < -0.3 is 24.8 Å². The van der Waals surface area contributed by atoms with Crippen LogP contribution in [0.25, 0.3) is 0 Å². The molecule has 1 saturated heterocycles. The summed E-state index contributed by atoms with van der Waals surface area (Å²) in [5.74, 6) is 0. The summed E-state index contributed by atoms with van der Waals surface area (Å²) < 4.78 is 11.4. The van der Waals surface area contributed by atoms with Gasteiger partial charge in [-0.15, -0.1) is 0 Å². The van der Waals surface area contributed by atoms with Gasteiger partial charge in [-0.3, -0.25) is 0 Å². The van der Waals surface area contributed by atoms with Crippen molar-refractivity contribution in [1.82, 2.24) is 0 Å². The molecule has 0 spiro atoms. The lowest BCUT2D eigenvalue weighted by molar-refractivity contribution is -0.243. The van der Waals surface area contributed by atoms with Gasteiger partial charge in [0.2, 0.25) is 0 Å². The highest BCUT2D eigenvalue weighted by molar-refractivity contribution is 14.1. The minimum Gasteiger partial charge on any atom is -0.388 e. The van der Waals surface area contributed by atoms with Crippen molar-refractivity contribution in [2.24, 2.45) is 0 Å². The largest absolute Gasteiger partial charge is 0.388 e. The molecule has 0 radical (unpaired) electrons. The molecule has 5 nitrogen and oxygen atoms in total. The van der Waals surface area contributed by atoms with E-state index in [4.69, 9.17) is 9.47 Å². The quantitative estimate of drug-likeness (QED) is 0.517. The number of benzene rings is 1. The van der Waals surface area contributed by atoms with Gasteiger partial charge in [-0.1, -0.05) is 52.9 Å². The maximum atomic E-state index is 10.4. The van der Waals surface area contributed by atoms with E-state index in [2.05, 4.69) is 22.6 Å². The monoisotopic (exact) mass is 394 g/mol. The number of aliphatic hydroxyl groups excluding tert-OH is 3. The SMILES string of the molecule is CO[C@H]1[C@H](O)[C@@H]([C@H](O)c2ccccc2)O[C@H](CI)[C@H]1O. The van der Waals surface area contributed by atoms with Crippen LogP contribution in [0.1, 0.15) is 11.7 Å². The Labute approximate surface area is 131 Å². The Morgan fingerprint density at radius 1 is 1.25 bits per heavy atom. The highest BCUT2D eigenvalue weighted by atomic mass is 127. The molecule has 1 heterocycles. The summed E-state index contributed by atoms with van der Waals surface area (Å²) >= 11 is 2.10. The number of ether oxygens (including phenoxy) is 2. The van der Waals surface area contributed by atoms with Crippen molar-refractivity contribution in [1.29, 1.82) is 0 Å². The summed E-state index contributed by atoms with van der Waals surface area (Å²) in [7, 11) is 1.43. The van der Waals surface area contributed by atoms with Gasteiger partial charge in [0.25, 0.3) is 0 Å². The Balaban J connectivity index is 2.21. The second-order valence-corrected chi connectivity index (χ2v) is 5.71. The van der Waals surface area contributed by atoms with Crippen molar-refractivity contribution >= 4 is 22.6 Å². The molecule has 112 valence electrons. The van der Waals surface area contributed by atoms with Gasteiger partial charge in [-0.25, -0.2) is 0 Å². The topological polar surface area (TPSA) is 79.2 Å². The molecule has 0 bridgehead atoms. The standard InChI is InChI=1S/C14H19IO5/c1-19-13-11(17)9(7-15)20-14(12(13)18)10(16)8-5-3-2-4-6-8/h2-6,9-14,16-18H,7H2,1H3/t9-,10-,11-,12+,13-,14-/m1/s1. The van der Waals surface area contributed by atoms with Crippen molar-refractivity contribution in [3.8, 4) is 0 Å². The van der Waals surface area contributed by atoms with Gasteiger partial charge in [0.15, 0.2) is 0 Å². The summed E-state index contributed by atoms with van der Waals surface area (Å²) in [6, 6.07) is 9.02. The average Bonchev–Trinajstić information content (AvgIpc) is 2.48. The fraction of sp³-hybridized carbons (Fsp3) is 0.571. The average molecular weight is 394 g/mol. The van der Waals surface area contributed by atoms with E-state index in [1.807, 2.05) is 18.2 Å². The van der Waals surface area contributed by atoms with Crippen LogP contribution in [0.15, 0.2) is 30.3 Å². The lowest BCUT2D eigenvalue weighted by Crippen LogP contribution is -2.60. The van der Waals surface area contributed by atoms with Gasteiger partial charge in [-0.05, 0) is 5.56 Å². The van der Waals surface area contributed by atoms with Crippen LogP contribution in [-0.2, 0) is 9.47 Å². The third-order valence-electron chi connectivity index (χ3n) is 3.60. The first kappa shape index (κ1) is 16.1. The second-order valence-electron chi connectivity index (χ2n) is 4.83. The highest BCUT2D eigenvalue weighted by Gasteiger charge is 2.47. The first-order valence-electron chi connectivity index (χ1n) is 6.43. The molecule has 6 atom stereocenters. The maximum Gasteiger partial charge on any atom is 0.117 e. The van der Waals surface area contributed by atoms with Crippen LogP contribution in [0.3, 0.4) is 0 Å². The minimum atomic E-state index is -1.09. The molecule has 1 aliphatic rings. The second kappa shape index (κ2) is 7.15.